The normalized spacial score (nSPS) is 28.3. The minimum absolute atomic E-state index is 0.157. The summed E-state index contributed by atoms with van der Waals surface area (Å²) in [5, 5.41) is 8.66. The zero-order valence-electron chi connectivity index (χ0n) is 8.27. The van der Waals surface area contributed by atoms with Crippen LogP contribution in [0.5, 0.6) is 0 Å². The summed E-state index contributed by atoms with van der Waals surface area (Å²) < 4.78 is 26.2. The van der Waals surface area contributed by atoms with Crippen molar-refractivity contribution in [2.75, 3.05) is 12.9 Å². The molecule has 0 atom stereocenters. The van der Waals surface area contributed by atoms with Crippen LogP contribution in [-0.2, 0) is 14.3 Å². The Morgan fingerprint density at radius 2 is 1.93 bits per heavy atom. The molecule has 1 aliphatic rings. The van der Waals surface area contributed by atoms with E-state index in [1.165, 1.54) is 0 Å². The summed E-state index contributed by atoms with van der Waals surface area (Å²) in [6.45, 7) is 0.275. The summed E-state index contributed by atoms with van der Waals surface area (Å²) >= 11 is 0. The maximum atomic E-state index is 10.7. The van der Waals surface area contributed by atoms with Crippen molar-refractivity contribution in [3.63, 3.8) is 0 Å². The van der Waals surface area contributed by atoms with E-state index in [-0.39, 0.29) is 12.5 Å². The Morgan fingerprint density at radius 3 is 2.36 bits per heavy atom. The van der Waals surface area contributed by atoms with Gasteiger partial charge in [-0.25, -0.2) is 0 Å². The van der Waals surface area contributed by atoms with Crippen molar-refractivity contribution in [1.29, 1.82) is 5.26 Å². The molecule has 0 unspecified atom stereocenters. The van der Waals surface area contributed by atoms with Crippen LogP contribution in [0.25, 0.3) is 0 Å². The van der Waals surface area contributed by atoms with Gasteiger partial charge in [0.05, 0.1) is 18.9 Å². The highest BCUT2D eigenvalue weighted by Crippen LogP contribution is 2.28. The highest BCUT2D eigenvalue weighted by atomic mass is 32.2. The standard InChI is InChI=1S/C9H15NO3S/c1-14(11,12)13-7-9-4-2-8(6-10)3-5-9/h8-9H,2-5,7H2,1H3. The smallest absolute Gasteiger partial charge is 0.264 e. The largest absolute Gasteiger partial charge is 0.270 e. The predicted octanol–water partition coefficient (Wildman–Crippen LogP) is 1.29. The third kappa shape index (κ3) is 4.07. The van der Waals surface area contributed by atoms with E-state index in [4.69, 9.17) is 9.44 Å². The van der Waals surface area contributed by atoms with Crippen molar-refractivity contribution >= 4 is 10.1 Å². The average molecular weight is 217 g/mol. The van der Waals surface area contributed by atoms with Gasteiger partial charge in [0.15, 0.2) is 0 Å². The van der Waals surface area contributed by atoms with Crippen LogP contribution in [0.3, 0.4) is 0 Å². The average Bonchev–Trinajstić information content (AvgIpc) is 2.14. The molecule has 1 aliphatic carbocycles. The summed E-state index contributed by atoms with van der Waals surface area (Å²) in [6, 6.07) is 2.24. The van der Waals surface area contributed by atoms with E-state index < -0.39 is 10.1 Å². The van der Waals surface area contributed by atoms with Gasteiger partial charge >= 0.3 is 0 Å². The Balaban J connectivity index is 2.27. The number of hydrogen-bond acceptors (Lipinski definition) is 4. The van der Waals surface area contributed by atoms with Crippen LogP contribution in [0, 0.1) is 23.2 Å². The van der Waals surface area contributed by atoms with Gasteiger partial charge in [0.1, 0.15) is 0 Å². The maximum Gasteiger partial charge on any atom is 0.264 e. The molecule has 0 saturated heterocycles. The van der Waals surface area contributed by atoms with E-state index >= 15 is 0 Å². The van der Waals surface area contributed by atoms with Gasteiger partial charge in [0.2, 0.25) is 0 Å². The van der Waals surface area contributed by atoms with Gasteiger partial charge in [-0.3, -0.25) is 4.18 Å². The zero-order valence-corrected chi connectivity index (χ0v) is 9.09. The SMILES string of the molecule is CS(=O)(=O)OCC1CCC(C#N)CC1. The molecule has 0 N–H and O–H groups in total. The van der Waals surface area contributed by atoms with Gasteiger partial charge in [0, 0.05) is 5.92 Å². The van der Waals surface area contributed by atoms with Gasteiger partial charge in [-0.2, -0.15) is 13.7 Å². The molecule has 80 valence electrons. The molecule has 0 heterocycles. The van der Waals surface area contributed by atoms with Gasteiger partial charge in [0.25, 0.3) is 10.1 Å². The quantitative estimate of drug-likeness (QED) is 0.668. The number of rotatable bonds is 3. The van der Waals surface area contributed by atoms with Crippen LogP contribution < -0.4 is 0 Å². The summed E-state index contributed by atoms with van der Waals surface area (Å²) in [5.74, 6) is 0.457. The topological polar surface area (TPSA) is 67.2 Å². The summed E-state index contributed by atoms with van der Waals surface area (Å²) in [4.78, 5) is 0. The van der Waals surface area contributed by atoms with Crippen molar-refractivity contribution < 1.29 is 12.6 Å². The highest BCUT2D eigenvalue weighted by molar-refractivity contribution is 7.85. The Labute approximate surface area is 85.0 Å². The minimum Gasteiger partial charge on any atom is -0.270 e. The van der Waals surface area contributed by atoms with Gasteiger partial charge in [-0.15, -0.1) is 0 Å². The molecule has 4 nitrogen and oxygen atoms in total. The summed E-state index contributed by atoms with van der Waals surface area (Å²) in [7, 11) is -3.31. The fourth-order valence-electron chi connectivity index (χ4n) is 1.68. The van der Waals surface area contributed by atoms with E-state index in [2.05, 4.69) is 6.07 Å². The molecule has 0 bridgehead atoms. The van der Waals surface area contributed by atoms with Crippen LogP contribution in [0.2, 0.25) is 0 Å². The van der Waals surface area contributed by atoms with Crippen molar-refractivity contribution in [3.05, 3.63) is 0 Å². The molecule has 0 amide bonds. The second-order valence-electron chi connectivity index (χ2n) is 3.84. The van der Waals surface area contributed by atoms with E-state index in [1.54, 1.807) is 0 Å². The number of nitrogens with zero attached hydrogens (tertiary/aromatic N) is 1. The Bertz CT molecular complexity index is 309. The lowest BCUT2D eigenvalue weighted by Gasteiger charge is -2.23. The number of hydrogen-bond donors (Lipinski definition) is 0. The molecule has 1 rings (SSSR count). The maximum absolute atomic E-state index is 10.7. The molecule has 0 aromatic heterocycles. The third-order valence-corrected chi connectivity index (χ3v) is 3.11. The van der Waals surface area contributed by atoms with Crippen LogP contribution in [0.15, 0.2) is 0 Å². The highest BCUT2D eigenvalue weighted by Gasteiger charge is 2.21. The molecular weight excluding hydrogens is 202 g/mol. The Morgan fingerprint density at radius 1 is 1.36 bits per heavy atom. The first-order valence-electron chi connectivity index (χ1n) is 4.75. The van der Waals surface area contributed by atoms with Gasteiger partial charge in [-0.05, 0) is 31.6 Å². The molecule has 0 aromatic rings. The van der Waals surface area contributed by atoms with Gasteiger partial charge in [-0.1, -0.05) is 0 Å². The second-order valence-corrected chi connectivity index (χ2v) is 5.48. The van der Waals surface area contributed by atoms with Crippen LogP contribution in [0.1, 0.15) is 25.7 Å². The van der Waals surface area contributed by atoms with Gasteiger partial charge < -0.3 is 0 Å². The summed E-state index contributed by atoms with van der Waals surface area (Å²) in [5.41, 5.74) is 0. The molecule has 0 aliphatic heterocycles. The fraction of sp³-hybridized carbons (Fsp3) is 0.889. The molecule has 0 radical (unpaired) electrons. The van der Waals surface area contributed by atoms with Crippen LogP contribution >= 0.6 is 0 Å². The van der Waals surface area contributed by atoms with Crippen LogP contribution in [-0.4, -0.2) is 21.3 Å². The van der Waals surface area contributed by atoms with Crippen molar-refractivity contribution in [3.8, 4) is 6.07 Å². The zero-order chi connectivity index (χ0) is 10.6. The lowest BCUT2D eigenvalue weighted by atomic mass is 9.83. The van der Waals surface area contributed by atoms with Crippen molar-refractivity contribution in [2.24, 2.45) is 11.8 Å². The van der Waals surface area contributed by atoms with Crippen LogP contribution in [0.4, 0.5) is 0 Å². The molecular formula is C9H15NO3S. The molecule has 1 fully saturated rings. The first-order chi connectivity index (χ1) is 6.51. The summed E-state index contributed by atoms with van der Waals surface area (Å²) in [6.07, 6.45) is 4.60. The molecule has 1 saturated carbocycles. The lowest BCUT2D eigenvalue weighted by molar-refractivity contribution is 0.202. The second kappa shape index (κ2) is 4.76. The predicted molar refractivity (Wildman–Crippen MR) is 51.9 cm³/mol. The van der Waals surface area contributed by atoms with E-state index in [9.17, 15) is 8.42 Å². The molecule has 14 heavy (non-hydrogen) atoms. The minimum atomic E-state index is -3.31. The third-order valence-electron chi connectivity index (χ3n) is 2.55. The first kappa shape index (κ1) is 11.5. The van der Waals surface area contributed by atoms with Crippen molar-refractivity contribution in [2.45, 2.75) is 25.7 Å². The monoisotopic (exact) mass is 217 g/mol. The molecule has 0 aromatic carbocycles. The Kier molecular flexibility index (Phi) is 3.90. The van der Waals surface area contributed by atoms with E-state index in [0.717, 1.165) is 31.9 Å². The van der Waals surface area contributed by atoms with Crippen molar-refractivity contribution in [1.82, 2.24) is 0 Å². The first-order valence-corrected chi connectivity index (χ1v) is 6.57. The Hall–Kier alpha value is -0.600. The fourth-order valence-corrected chi connectivity index (χ4v) is 2.12. The lowest BCUT2D eigenvalue weighted by Crippen LogP contribution is -2.19. The van der Waals surface area contributed by atoms with E-state index in [1.807, 2.05) is 0 Å². The molecule has 0 spiro atoms. The van der Waals surface area contributed by atoms with E-state index in [0.29, 0.717) is 5.92 Å². The number of nitriles is 1. The molecule has 5 heteroatoms.